The Bertz CT molecular complexity index is 866. The molecule has 0 aliphatic carbocycles. The molecule has 1 amide bonds. The van der Waals surface area contributed by atoms with Gasteiger partial charge in [-0.15, -0.1) is 0 Å². The number of para-hydroxylation sites is 1. The highest BCUT2D eigenvalue weighted by Gasteiger charge is 2.05. The summed E-state index contributed by atoms with van der Waals surface area (Å²) in [6.07, 6.45) is 0. The van der Waals surface area contributed by atoms with E-state index in [0.29, 0.717) is 23.9 Å². The molecule has 0 saturated heterocycles. The molecule has 0 aromatic heterocycles. The van der Waals surface area contributed by atoms with E-state index < -0.39 is 0 Å². The molecule has 4 nitrogen and oxygen atoms in total. The number of ether oxygens (including phenoxy) is 2. The molecule has 0 aliphatic heterocycles. The fourth-order valence-electron chi connectivity index (χ4n) is 2.37. The maximum atomic E-state index is 11.8. The van der Waals surface area contributed by atoms with Crippen LogP contribution in [0.1, 0.15) is 0 Å². The molecular formula is C20H18ClNO3. The predicted octanol–water partition coefficient (Wildman–Crippen LogP) is 4.07. The smallest absolute Gasteiger partial charge is 0.258 e. The Hall–Kier alpha value is -2.72. The van der Waals surface area contributed by atoms with Crippen molar-refractivity contribution in [3.63, 3.8) is 0 Å². The van der Waals surface area contributed by atoms with Gasteiger partial charge in [0, 0.05) is 0 Å². The number of hydrogen-bond donors (Lipinski definition) is 1. The van der Waals surface area contributed by atoms with Crippen LogP contribution in [-0.4, -0.2) is 25.7 Å². The van der Waals surface area contributed by atoms with Crippen LogP contribution in [0.15, 0.2) is 66.7 Å². The molecule has 25 heavy (non-hydrogen) atoms. The standard InChI is InChI=1S/C20H18ClNO3/c21-18-7-3-4-8-19(18)25-14-20(23)22-11-12-24-17-10-9-15-5-1-2-6-16(15)13-17/h1-10,13H,11-12,14H2,(H,22,23). The second-order valence-electron chi connectivity index (χ2n) is 5.43. The largest absolute Gasteiger partial charge is 0.492 e. The number of rotatable bonds is 7. The third kappa shape index (κ3) is 4.88. The highest BCUT2D eigenvalue weighted by molar-refractivity contribution is 6.32. The van der Waals surface area contributed by atoms with Gasteiger partial charge in [0.2, 0.25) is 0 Å². The van der Waals surface area contributed by atoms with Crippen LogP contribution in [0.3, 0.4) is 0 Å². The average Bonchev–Trinajstić information content (AvgIpc) is 2.64. The molecule has 5 heteroatoms. The Kier molecular flexibility index (Phi) is 5.75. The maximum absolute atomic E-state index is 11.8. The molecule has 0 aliphatic rings. The van der Waals surface area contributed by atoms with Crippen LogP contribution in [0, 0.1) is 0 Å². The Labute approximate surface area is 151 Å². The van der Waals surface area contributed by atoms with Crippen molar-refractivity contribution in [1.29, 1.82) is 0 Å². The molecule has 0 fully saturated rings. The number of carbonyl (C=O) groups excluding carboxylic acids is 1. The average molecular weight is 356 g/mol. The lowest BCUT2D eigenvalue weighted by Gasteiger charge is -2.10. The van der Waals surface area contributed by atoms with Crippen molar-refractivity contribution in [2.24, 2.45) is 0 Å². The zero-order chi connectivity index (χ0) is 17.5. The number of fused-ring (bicyclic) bond motifs is 1. The van der Waals surface area contributed by atoms with Gasteiger partial charge in [-0.05, 0) is 35.0 Å². The summed E-state index contributed by atoms with van der Waals surface area (Å²) in [6.45, 7) is 0.702. The number of benzene rings is 3. The maximum Gasteiger partial charge on any atom is 0.258 e. The topological polar surface area (TPSA) is 47.6 Å². The third-order valence-electron chi connectivity index (χ3n) is 3.61. The summed E-state index contributed by atoms with van der Waals surface area (Å²) in [5.74, 6) is 1.05. The molecule has 3 aromatic carbocycles. The van der Waals surface area contributed by atoms with E-state index in [1.165, 1.54) is 5.39 Å². The van der Waals surface area contributed by atoms with E-state index in [9.17, 15) is 4.79 Å². The van der Waals surface area contributed by atoms with Crippen LogP contribution in [-0.2, 0) is 4.79 Å². The molecule has 3 rings (SSSR count). The molecule has 0 radical (unpaired) electrons. The SMILES string of the molecule is O=C(COc1ccccc1Cl)NCCOc1ccc2ccccc2c1. The van der Waals surface area contributed by atoms with E-state index in [0.717, 1.165) is 11.1 Å². The second kappa shape index (κ2) is 8.40. The Morgan fingerprint density at radius 1 is 0.920 bits per heavy atom. The van der Waals surface area contributed by atoms with Gasteiger partial charge in [0.25, 0.3) is 5.91 Å². The van der Waals surface area contributed by atoms with Crippen molar-refractivity contribution >= 4 is 28.3 Å². The van der Waals surface area contributed by atoms with Gasteiger partial charge in [-0.2, -0.15) is 0 Å². The van der Waals surface area contributed by atoms with Gasteiger partial charge in [-0.1, -0.05) is 54.1 Å². The van der Waals surface area contributed by atoms with Crippen LogP contribution < -0.4 is 14.8 Å². The highest BCUT2D eigenvalue weighted by Crippen LogP contribution is 2.23. The zero-order valence-corrected chi connectivity index (χ0v) is 14.3. The van der Waals surface area contributed by atoms with Gasteiger partial charge < -0.3 is 14.8 Å². The lowest BCUT2D eigenvalue weighted by atomic mass is 10.1. The molecular weight excluding hydrogens is 338 g/mol. The van der Waals surface area contributed by atoms with Crippen LogP contribution >= 0.6 is 11.6 Å². The van der Waals surface area contributed by atoms with Gasteiger partial charge in [-0.25, -0.2) is 0 Å². The first kappa shape index (κ1) is 17.1. The molecule has 0 spiro atoms. The van der Waals surface area contributed by atoms with E-state index >= 15 is 0 Å². The quantitative estimate of drug-likeness (QED) is 0.650. The summed E-state index contributed by atoms with van der Waals surface area (Å²) in [6, 6.07) is 21.0. The van der Waals surface area contributed by atoms with Crippen molar-refractivity contribution in [3.05, 3.63) is 71.8 Å². The first-order valence-electron chi connectivity index (χ1n) is 7.98. The lowest BCUT2D eigenvalue weighted by molar-refractivity contribution is -0.123. The van der Waals surface area contributed by atoms with E-state index in [1.54, 1.807) is 24.3 Å². The van der Waals surface area contributed by atoms with Crippen molar-refractivity contribution < 1.29 is 14.3 Å². The van der Waals surface area contributed by atoms with Crippen molar-refractivity contribution in [2.45, 2.75) is 0 Å². The summed E-state index contributed by atoms with van der Waals surface area (Å²) in [4.78, 5) is 11.8. The van der Waals surface area contributed by atoms with E-state index in [-0.39, 0.29) is 12.5 Å². The van der Waals surface area contributed by atoms with E-state index in [2.05, 4.69) is 11.4 Å². The first-order valence-corrected chi connectivity index (χ1v) is 8.36. The predicted molar refractivity (Wildman–Crippen MR) is 99.4 cm³/mol. The van der Waals surface area contributed by atoms with E-state index in [4.69, 9.17) is 21.1 Å². The summed E-state index contributed by atoms with van der Waals surface area (Å²) < 4.78 is 11.0. The lowest BCUT2D eigenvalue weighted by Crippen LogP contribution is -2.32. The van der Waals surface area contributed by atoms with Crippen LogP contribution in [0.5, 0.6) is 11.5 Å². The first-order chi connectivity index (χ1) is 12.2. The minimum Gasteiger partial charge on any atom is -0.492 e. The fraction of sp³-hybridized carbons (Fsp3) is 0.150. The Balaban J connectivity index is 1.40. The molecule has 0 heterocycles. The number of halogens is 1. The summed E-state index contributed by atoms with van der Waals surface area (Å²) in [5, 5.41) is 5.52. The fourth-order valence-corrected chi connectivity index (χ4v) is 2.56. The number of carbonyl (C=O) groups is 1. The minimum atomic E-state index is -0.220. The second-order valence-corrected chi connectivity index (χ2v) is 5.83. The number of hydrogen-bond acceptors (Lipinski definition) is 3. The third-order valence-corrected chi connectivity index (χ3v) is 3.92. The summed E-state index contributed by atoms with van der Waals surface area (Å²) in [5.41, 5.74) is 0. The molecule has 128 valence electrons. The normalized spacial score (nSPS) is 10.4. The van der Waals surface area contributed by atoms with Gasteiger partial charge in [0.15, 0.2) is 6.61 Å². The van der Waals surface area contributed by atoms with Crippen LogP contribution in [0.4, 0.5) is 0 Å². The Morgan fingerprint density at radius 3 is 2.52 bits per heavy atom. The molecule has 0 atom stereocenters. The number of nitrogens with one attached hydrogen (secondary N) is 1. The molecule has 0 saturated carbocycles. The van der Waals surface area contributed by atoms with E-state index in [1.807, 2.05) is 36.4 Å². The molecule has 3 aromatic rings. The molecule has 0 unspecified atom stereocenters. The van der Waals surface area contributed by atoms with Crippen LogP contribution in [0.2, 0.25) is 5.02 Å². The van der Waals surface area contributed by atoms with Crippen molar-refractivity contribution in [3.8, 4) is 11.5 Å². The van der Waals surface area contributed by atoms with Crippen molar-refractivity contribution in [1.82, 2.24) is 5.32 Å². The van der Waals surface area contributed by atoms with Gasteiger partial charge >= 0.3 is 0 Å². The monoisotopic (exact) mass is 355 g/mol. The van der Waals surface area contributed by atoms with Gasteiger partial charge in [0.05, 0.1) is 11.6 Å². The summed E-state index contributed by atoms with van der Waals surface area (Å²) >= 11 is 5.97. The minimum absolute atomic E-state index is 0.0836. The highest BCUT2D eigenvalue weighted by atomic mass is 35.5. The molecule has 1 N–H and O–H groups in total. The zero-order valence-electron chi connectivity index (χ0n) is 13.6. The van der Waals surface area contributed by atoms with Gasteiger partial charge in [-0.3, -0.25) is 4.79 Å². The molecule has 0 bridgehead atoms. The summed E-state index contributed by atoms with van der Waals surface area (Å²) in [7, 11) is 0. The van der Waals surface area contributed by atoms with Crippen LogP contribution in [0.25, 0.3) is 10.8 Å². The van der Waals surface area contributed by atoms with Gasteiger partial charge in [0.1, 0.15) is 18.1 Å². The van der Waals surface area contributed by atoms with Crippen molar-refractivity contribution in [2.75, 3.05) is 19.8 Å². The Morgan fingerprint density at radius 2 is 1.68 bits per heavy atom. The number of amides is 1.